The molecule has 2 aliphatic rings. The number of nitrogens with zero attached hydrogens (tertiary/aromatic N) is 3. The van der Waals surface area contributed by atoms with Crippen LogP contribution in [0.2, 0.25) is 0 Å². The number of likely N-dealkylation sites (tertiary alicyclic amines) is 1. The smallest absolute Gasteiger partial charge is 0.278 e. The number of carbonyl (C=O) groups is 2. The van der Waals surface area contributed by atoms with Gasteiger partial charge in [0.05, 0.1) is 11.7 Å². The van der Waals surface area contributed by atoms with Crippen molar-refractivity contribution in [3.05, 3.63) is 35.5 Å². The van der Waals surface area contributed by atoms with Crippen molar-refractivity contribution in [2.24, 2.45) is 0 Å². The van der Waals surface area contributed by atoms with Gasteiger partial charge in [0, 0.05) is 19.1 Å². The molecule has 2 heterocycles. The van der Waals surface area contributed by atoms with Crippen molar-refractivity contribution in [3.63, 3.8) is 0 Å². The monoisotopic (exact) mass is 399 g/mol. The maximum Gasteiger partial charge on any atom is 0.278 e. The van der Waals surface area contributed by atoms with Crippen LogP contribution < -0.4 is 4.74 Å². The van der Waals surface area contributed by atoms with Crippen molar-refractivity contribution >= 4 is 17.4 Å². The Kier molecular flexibility index (Phi) is 6.32. The van der Waals surface area contributed by atoms with Crippen LogP contribution in [0.25, 0.3) is 5.57 Å². The highest BCUT2D eigenvalue weighted by molar-refractivity contribution is 6.35. The lowest BCUT2D eigenvalue weighted by molar-refractivity contribution is -0.139. The molecule has 3 rings (SSSR count). The predicted octanol–water partition coefficient (Wildman–Crippen LogP) is 2.99. The van der Waals surface area contributed by atoms with Crippen molar-refractivity contribution in [2.75, 3.05) is 27.2 Å². The van der Waals surface area contributed by atoms with Gasteiger partial charge in [0.1, 0.15) is 11.4 Å². The highest BCUT2D eigenvalue weighted by atomic mass is 16.5. The molecule has 1 aromatic carbocycles. The zero-order valence-corrected chi connectivity index (χ0v) is 18.4. The van der Waals surface area contributed by atoms with E-state index in [1.807, 2.05) is 63.9 Å². The maximum atomic E-state index is 13.3. The SMILES string of the molecule is CC(C)Oc1ccc(C2=C(N(C)C3CCN(C)CC3)C(=O)N(C(C)C)C2=O)cc1. The number of likely N-dealkylation sites (N-methyl/N-ethyl adjacent to an activating group) is 1. The van der Waals surface area contributed by atoms with Gasteiger partial charge >= 0.3 is 0 Å². The fourth-order valence-corrected chi connectivity index (χ4v) is 4.13. The Hall–Kier alpha value is -2.34. The summed E-state index contributed by atoms with van der Waals surface area (Å²) in [4.78, 5) is 32.3. The highest BCUT2D eigenvalue weighted by Gasteiger charge is 2.43. The number of rotatable bonds is 6. The first-order valence-electron chi connectivity index (χ1n) is 10.5. The van der Waals surface area contributed by atoms with Gasteiger partial charge in [-0.1, -0.05) is 12.1 Å². The number of amides is 2. The van der Waals surface area contributed by atoms with Crippen LogP contribution in [0.5, 0.6) is 5.75 Å². The quantitative estimate of drug-likeness (QED) is 0.689. The predicted molar refractivity (Wildman–Crippen MR) is 114 cm³/mol. The molecular weight excluding hydrogens is 366 g/mol. The molecule has 6 heteroatoms. The van der Waals surface area contributed by atoms with Crippen LogP contribution in [0.1, 0.15) is 46.1 Å². The molecule has 0 saturated carbocycles. The number of imide groups is 1. The topological polar surface area (TPSA) is 53.1 Å². The van der Waals surface area contributed by atoms with Gasteiger partial charge in [-0.3, -0.25) is 14.5 Å². The Balaban J connectivity index is 1.99. The minimum atomic E-state index is -0.211. The number of piperidine rings is 1. The molecule has 0 aliphatic carbocycles. The Morgan fingerprint density at radius 3 is 2.10 bits per heavy atom. The first kappa shape index (κ1) is 21.4. The summed E-state index contributed by atoms with van der Waals surface area (Å²) >= 11 is 0. The second-order valence-electron chi connectivity index (χ2n) is 8.63. The summed E-state index contributed by atoms with van der Waals surface area (Å²) in [6.07, 6.45) is 2.04. The van der Waals surface area contributed by atoms with Gasteiger partial charge < -0.3 is 14.5 Å². The molecule has 1 saturated heterocycles. The Bertz CT molecular complexity index is 790. The van der Waals surface area contributed by atoms with Crippen LogP contribution in [0.15, 0.2) is 30.0 Å². The second kappa shape index (κ2) is 8.57. The minimum absolute atomic E-state index is 0.0808. The molecule has 2 aliphatic heterocycles. The summed E-state index contributed by atoms with van der Waals surface area (Å²) in [5.74, 6) is 0.355. The van der Waals surface area contributed by atoms with Crippen molar-refractivity contribution in [2.45, 2.75) is 58.7 Å². The van der Waals surface area contributed by atoms with Crippen LogP contribution in [0, 0.1) is 0 Å². The van der Waals surface area contributed by atoms with Gasteiger partial charge in [-0.25, -0.2) is 0 Å². The van der Waals surface area contributed by atoms with E-state index in [1.54, 1.807) is 0 Å². The van der Waals surface area contributed by atoms with Crippen molar-refractivity contribution in [3.8, 4) is 5.75 Å². The largest absolute Gasteiger partial charge is 0.491 e. The summed E-state index contributed by atoms with van der Waals surface area (Å²) in [6, 6.07) is 7.56. The first-order chi connectivity index (χ1) is 13.7. The van der Waals surface area contributed by atoms with Gasteiger partial charge in [0.2, 0.25) is 0 Å². The number of benzene rings is 1. The average molecular weight is 400 g/mol. The molecule has 0 spiro atoms. The Morgan fingerprint density at radius 1 is 1.00 bits per heavy atom. The van der Waals surface area contributed by atoms with Crippen molar-refractivity contribution in [1.29, 1.82) is 0 Å². The molecule has 0 unspecified atom stereocenters. The summed E-state index contributed by atoms with van der Waals surface area (Å²) in [6.45, 7) is 9.70. The van der Waals surface area contributed by atoms with Gasteiger partial charge in [0.15, 0.2) is 0 Å². The van der Waals surface area contributed by atoms with E-state index in [9.17, 15) is 9.59 Å². The summed E-state index contributed by atoms with van der Waals surface area (Å²) in [7, 11) is 4.07. The number of ether oxygens (including phenoxy) is 1. The molecule has 1 aromatic rings. The van der Waals surface area contributed by atoms with E-state index in [0.29, 0.717) is 11.3 Å². The van der Waals surface area contributed by atoms with E-state index < -0.39 is 0 Å². The Labute approximate surface area is 174 Å². The third-order valence-corrected chi connectivity index (χ3v) is 5.71. The Morgan fingerprint density at radius 2 is 1.59 bits per heavy atom. The van der Waals surface area contributed by atoms with E-state index in [4.69, 9.17) is 4.74 Å². The molecule has 29 heavy (non-hydrogen) atoms. The summed E-state index contributed by atoms with van der Waals surface area (Å²) in [5, 5.41) is 0. The lowest BCUT2D eigenvalue weighted by Crippen LogP contribution is -2.44. The molecule has 0 aromatic heterocycles. The van der Waals surface area contributed by atoms with Gasteiger partial charge in [-0.2, -0.15) is 0 Å². The third-order valence-electron chi connectivity index (χ3n) is 5.71. The maximum absolute atomic E-state index is 13.3. The van der Waals surface area contributed by atoms with E-state index >= 15 is 0 Å². The van der Waals surface area contributed by atoms with Crippen LogP contribution in [-0.4, -0.2) is 71.9 Å². The van der Waals surface area contributed by atoms with Crippen LogP contribution in [0.3, 0.4) is 0 Å². The normalized spacial score (nSPS) is 19.1. The molecule has 158 valence electrons. The fourth-order valence-electron chi connectivity index (χ4n) is 4.13. The molecule has 0 N–H and O–H groups in total. The van der Waals surface area contributed by atoms with Crippen LogP contribution in [-0.2, 0) is 9.59 Å². The number of hydrogen-bond donors (Lipinski definition) is 0. The van der Waals surface area contributed by atoms with Gasteiger partial charge in [0.25, 0.3) is 11.8 Å². The van der Waals surface area contributed by atoms with E-state index in [-0.39, 0.29) is 30.0 Å². The summed E-state index contributed by atoms with van der Waals surface area (Å²) < 4.78 is 5.73. The highest BCUT2D eigenvalue weighted by Crippen LogP contribution is 2.35. The average Bonchev–Trinajstić information content (AvgIpc) is 2.92. The van der Waals surface area contributed by atoms with Crippen molar-refractivity contribution < 1.29 is 14.3 Å². The summed E-state index contributed by atoms with van der Waals surface area (Å²) in [5.41, 5.74) is 1.79. The lowest BCUT2D eigenvalue weighted by Gasteiger charge is -2.36. The number of hydrogen-bond acceptors (Lipinski definition) is 5. The van der Waals surface area contributed by atoms with E-state index in [1.165, 1.54) is 4.90 Å². The zero-order chi connectivity index (χ0) is 21.3. The standard InChI is InChI=1S/C23H33N3O3/c1-15(2)26-22(27)20(17-7-9-19(10-8-17)29-16(3)4)21(23(26)28)25(6)18-11-13-24(5)14-12-18/h7-10,15-16,18H,11-14H2,1-6H3. The van der Waals surface area contributed by atoms with Crippen molar-refractivity contribution in [1.82, 2.24) is 14.7 Å². The lowest BCUT2D eigenvalue weighted by atomic mass is 10.00. The molecule has 0 radical (unpaired) electrons. The van der Waals surface area contributed by atoms with E-state index in [0.717, 1.165) is 37.2 Å². The fraction of sp³-hybridized carbons (Fsp3) is 0.565. The van der Waals surface area contributed by atoms with Gasteiger partial charge in [-0.15, -0.1) is 0 Å². The molecule has 0 bridgehead atoms. The molecule has 2 amide bonds. The molecule has 6 nitrogen and oxygen atoms in total. The van der Waals surface area contributed by atoms with Crippen LogP contribution >= 0.6 is 0 Å². The van der Waals surface area contributed by atoms with Crippen LogP contribution in [0.4, 0.5) is 0 Å². The van der Waals surface area contributed by atoms with E-state index in [2.05, 4.69) is 11.9 Å². The zero-order valence-electron chi connectivity index (χ0n) is 18.4. The minimum Gasteiger partial charge on any atom is -0.491 e. The molecule has 0 atom stereocenters. The molecule has 1 fully saturated rings. The number of carbonyl (C=O) groups excluding carboxylic acids is 2. The third kappa shape index (κ3) is 4.32. The van der Waals surface area contributed by atoms with Gasteiger partial charge in [-0.05, 0) is 78.4 Å². The molecular formula is C23H33N3O3. The first-order valence-corrected chi connectivity index (χ1v) is 10.5. The second-order valence-corrected chi connectivity index (χ2v) is 8.63.